The first kappa shape index (κ1) is 24.3. The molecular weight excluding hydrogens is 496 g/mol. The summed E-state index contributed by atoms with van der Waals surface area (Å²) in [6, 6.07) is 17.3. The molecule has 2 fully saturated rings. The average Bonchev–Trinajstić information content (AvgIpc) is 3.03. The smallest absolute Gasteiger partial charge is 0.325 e. The van der Waals surface area contributed by atoms with Crippen LogP contribution in [0, 0.1) is 0 Å². The van der Waals surface area contributed by atoms with Gasteiger partial charge in [0.1, 0.15) is 12.1 Å². The predicted molar refractivity (Wildman–Crippen MR) is 136 cm³/mol. The first-order valence-electron chi connectivity index (χ1n) is 11.8. The Bertz CT molecular complexity index is 1040. The number of imide groups is 1. The largest absolute Gasteiger partial charge is 0.372 e. The molecule has 34 heavy (non-hydrogen) atoms. The molecule has 1 aliphatic carbocycles. The number of benzene rings is 2. The lowest BCUT2D eigenvalue weighted by Gasteiger charge is -2.30. The summed E-state index contributed by atoms with van der Waals surface area (Å²) in [5.74, 6) is -0.599. The third kappa shape index (κ3) is 5.60. The van der Waals surface area contributed by atoms with Gasteiger partial charge >= 0.3 is 6.03 Å². The van der Waals surface area contributed by atoms with Crippen molar-refractivity contribution < 1.29 is 14.4 Å². The number of hydrogen-bond donors (Lipinski definition) is 2. The van der Waals surface area contributed by atoms with Crippen molar-refractivity contribution in [3.63, 3.8) is 0 Å². The molecular formula is C26H31BrN4O3. The van der Waals surface area contributed by atoms with Crippen molar-refractivity contribution in [2.24, 2.45) is 0 Å². The molecule has 2 N–H and O–H groups in total. The highest BCUT2D eigenvalue weighted by Gasteiger charge is 2.51. The Balaban J connectivity index is 1.44. The van der Waals surface area contributed by atoms with Crippen molar-refractivity contribution in [1.29, 1.82) is 0 Å². The maximum absolute atomic E-state index is 13.0. The number of likely N-dealkylation sites (N-methyl/N-ethyl adjacent to an activating group) is 1. The van der Waals surface area contributed by atoms with Crippen LogP contribution in [0.2, 0.25) is 0 Å². The number of carbonyl (C=O) groups is 3. The van der Waals surface area contributed by atoms with Gasteiger partial charge in [-0.15, -0.1) is 0 Å². The standard InChI is InChI=1S/C26H31BrN4O3/c1-30(22-12-8-11-20(27)16-22)17-21(15-19-9-4-2-5-10-19)28-23(32)18-31-24(33)26(29-25(31)34)13-6-3-7-14-26/h2,4-5,8-12,16,21H,3,6-7,13-15,17-18H2,1H3,(H,28,32)(H,29,34)/t21-/m0/s1. The van der Waals surface area contributed by atoms with Crippen LogP contribution in [0.5, 0.6) is 0 Å². The molecule has 2 aliphatic rings. The number of nitrogens with zero attached hydrogens (tertiary/aromatic N) is 2. The molecule has 4 rings (SSSR count). The molecule has 0 bridgehead atoms. The normalized spacial score (nSPS) is 18.0. The van der Waals surface area contributed by atoms with E-state index in [1.807, 2.05) is 61.6 Å². The highest BCUT2D eigenvalue weighted by Crippen LogP contribution is 2.33. The number of hydrogen-bond acceptors (Lipinski definition) is 4. The number of anilines is 1. The fourth-order valence-corrected chi connectivity index (χ4v) is 5.33. The van der Waals surface area contributed by atoms with Crippen molar-refractivity contribution in [3.05, 3.63) is 64.6 Å². The number of carbonyl (C=O) groups excluding carboxylic acids is 3. The highest BCUT2D eigenvalue weighted by molar-refractivity contribution is 9.10. The fourth-order valence-electron chi connectivity index (χ4n) is 4.94. The molecule has 1 spiro atoms. The Morgan fingerprint density at radius 3 is 2.56 bits per heavy atom. The lowest BCUT2D eigenvalue weighted by Crippen LogP contribution is -2.50. The lowest BCUT2D eigenvalue weighted by atomic mass is 9.82. The van der Waals surface area contributed by atoms with Gasteiger partial charge in [-0.3, -0.25) is 14.5 Å². The zero-order valence-electron chi connectivity index (χ0n) is 19.4. The van der Waals surface area contributed by atoms with Crippen LogP contribution in [0.4, 0.5) is 10.5 Å². The predicted octanol–water partition coefficient (Wildman–Crippen LogP) is 3.87. The van der Waals surface area contributed by atoms with Gasteiger partial charge in [0.25, 0.3) is 5.91 Å². The topological polar surface area (TPSA) is 81.8 Å². The van der Waals surface area contributed by atoms with Gasteiger partial charge in [0.2, 0.25) is 5.91 Å². The zero-order valence-corrected chi connectivity index (χ0v) is 21.0. The molecule has 180 valence electrons. The summed E-state index contributed by atoms with van der Waals surface area (Å²) in [5, 5.41) is 5.95. The molecule has 0 unspecified atom stereocenters. The van der Waals surface area contributed by atoms with Gasteiger partial charge in [0.05, 0.1) is 6.04 Å². The molecule has 2 aromatic rings. The van der Waals surface area contributed by atoms with Crippen molar-refractivity contribution >= 4 is 39.5 Å². The Morgan fingerprint density at radius 2 is 1.85 bits per heavy atom. The molecule has 1 saturated carbocycles. The number of amides is 4. The summed E-state index contributed by atoms with van der Waals surface area (Å²) < 4.78 is 0.982. The van der Waals surface area contributed by atoms with Crippen LogP contribution in [0.25, 0.3) is 0 Å². The van der Waals surface area contributed by atoms with Gasteiger partial charge in [0, 0.05) is 23.8 Å². The number of halogens is 1. The van der Waals surface area contributed by atoms with Crippen molar-refractivity contribution in [1.82, 2.24) is 15.5 Å². The van der Waals surface area contributed by atoms with Gasteiger partial charge < -0.3 is 15.5 Å². The zero-order chi connectivity index (χ0) is 24.1. The van der Waals surface area contributed by atoms with Crippen molar-refractivity contribution in [2.45, 2.75) is 50.1 Å². The first-order valence-corrected chi connectivity index (χ1v) is 12.6. The third-order valence-corrected chi connectivity index (χ3v) is 7.18. The third-order valence-electron chi connectivity index (χ3n) is 6.69. The second-order valence-corrected chi connectivity index (χ2v) is 10.2. The minimum atomic E-state index is -0.819. The van der Waals surface area contributed by atoms with Gasteiger partial charge in [-0.05, 0) is 43.0 Å². The summed E-state index contributed by atoms with van der Waals surface area (Å²) in [5.41, 5.74) is 1.31. The van der Waals surface area contributed by atoms with Gasteiger partial charge in [-0.1, -0.05) is 71.6 Å². The summed E-state index contributed by atoms with van der Waals surface area (Å²) in [6.07, 6.45) is 4.81. The summed E-state index contributed by atoms with van der Waals surface area (Å²) in [7, 11) is 1.98. The molecule has 7 nitrogen and oxygen atoms in total. The Kier molecular flexibility index (Phi) is 7.56. The summed E-state index contributed by atoms with van der Waals surface area (Å²) in [4.78, 5) is 41.8. The van der Waals surface area contributed by atoms with Gasteiger partial charge in [-0.2, -0.15) is 0 Å². The summed E-state index contributed by atoms with van der Waals surface area (Å²) >= 11 is 3.51. The molecule has 2 aromatic carbocycles. The van der Waals surface area contributed by atoms with Crippen LogP contribution in [0.1, 0.15) is 37.7 Å². The van der Waals surface area contributed by atoms with E-state index in [1.165, 1.54) is 0 Å². The second kappa shape index (κ2) is 10.6. The first-order chi connectivity index (χ1) is 16.4. The number of urea groups is 1. The van der Waals surface area contributed by atoms with E-state index in [2.05, 4.69) is 31.5 Å². The Labute approximate surface area is 209 Å². The van der Waals surface area contributed by atoms with Crippen LogP contribution in [0.15, 0.2) is 59.1 Å². The number of nitrogens with one attached hydrogen (secondary N) is 2. The van der Waals surface area contributed by atoms with E-state index in [0.29, 0.717) is 25.8 Å². The van der Waals surface area contributed by atoms with Crippen LogP contribution in [-0.2, 0) is 16.0 Å². The van der Waals surface area contributed by atoms with E-state index >= 15 is 0 Å². The minimum absolute atomic E-state index is 0.205. The molecule has 1 heterocycles. The SMILES string of the molecule is CN(C[C@H](Cc1ccccc1)NC(=O)CN1C(=O)NC2(CCCCC2)C1=O)c1cccc(Br)c1. The van der Waals surface area contributed by atoms with E-state index in [4.69, 9.17) is 0 Å². The van der Waals surface area contributed by atoms with E-state index in [0.717, 1.165) is 39.9 Å². The minimum Gasteiger partial charge on any atom is -0.372 e. The van der Waals surface area contributed by atoms with Crippen molar-refractivity contribution in [2.75, 3.05) is 25.0 Å². The molecule has 4 amide bonds. The quantitative estimate of drug-likeness (QED) is 0.511. The maximum atomic E-state index is 13.0. The Morgan fingerprint density at radius 1 is 1.12 bits per heavy atom. The second-order valence-electron chi connectivity index (χ2n) is 9.28. The van der Waals surface area contributed by atoms with E-state index in [1.54, 1.807) is 0 Å². The average molecular weight is 527 g/mol. The van der Waals surface area contributed by atoms with Crippen molar-refractivity contribution in [3.8, 4) is 0 Å². The molecule has 1 aliphatic heterocycles. The monoisotopic (exact) mass is 526 g/mol. The van der Waals surface area contributed by atoms with Crippen LogP contribution < -0.4 is 15.5 Å². The highest BCUT2D eigenvalue weighted by atomic mass is 79.9. The molecule has 1 saturated heterocycles. The maximum Gasteiger partial charge on any atom is 0.325 e. The molecule has 8 heteroatoms. The van der Waals surface area contributed by atoms with Gasteiger partial charge in [-0.25, -0.2) is 4.79 Å². The lowest BCUT2D eigenvalue weighted by molar-refractivity contribution is -0.136. The van der Waals surface area contributed by atoms with Crippen LogP contribution >= 0.6 is 15.9 Å². The molecule has 1 atom stereocenters. The number of rotatable bonds is 8. The fraction of sp³-hybridized carbons (Fsp3) is 0.423. The van der Waals surface area contributed by atoms with E-state index in [9.17, 15) is 14.4 Å². The molecule has 0 aromatic heterocycles. The van der Waals surface area contributed by atoms with Crippen LogP contribution in [0.3, 0.4) is 0 Å². The van der Waals surface area contributed by atoms with E-state index in [-0.39, 0.29) is 24.4 Å². The van der Waals surface area contributed by atoms with Gasteiger partial charge in [0.15, 0.2) is 0 Å². The summed E-state index contributed by atoms with van der Waals surface area (Å²) in [6.45, 7) is 0.305. The van der Waals surface area contributed by atoms with Crippen LogP contribution in [-0.4, -0.2) is 54.5 Å². The van der Waals surface area contributed by atoms with E-state index < -0.39 is 11.6 Å². The molecule has 0 radical (unpaired) electrons. The Hall–Kier alpha value is -2.87.